The Hall–Kier alpha value is -0.160. The normalized spacial score (nSPS) is 38.7. The maximum atomic E-state index is 6.38. The number of quaternary nitrogens is 2. The predicted molar refractivity (Wildman–Crippen MR) is 93.3 cm³/mol. The molecular formula is C19H38N2O2+2. The van der Waals surface area contributed by atoms with E-state index in [1.54, 1.807) is 0 Å². The molecule has 0 spiro atoms. The number of morpholine rings is 1. The maximum Gasteiger partial charge on any atom is 0.105 e. The summed E-state index contributed by atoms with van der Waals surface area (Å²) < 4.78 is 14.3. The number of nitrogens with zero attached hydrogens (tertiary/aromatic N) is 2. The lowest BCUT2D eigenvalue weighted by Crippen LogP contribution is -2.61. The number of rotatable bonds is 5. The molecule has 4 atom stereocenters. The topological polar surface area (TPSA) is 18.5 Å². The van der Waals surface area contributed by atoms with E-state index in [1.165, 1.54) is 49.7 Å². The highest BCUT2D eigenvalue weighted by Crippen LogP contribution is 2.36. The van der Waals surface area contributed by atoms with Gasteiger partial charge in [0, 0.05) is 12.3 Å². The molecule has 4 heteroatoms. The summed E-state index contributed by atoms with van der Waals surface area (Å²) in [5.41, 5.74) is 0. The summed E-state index contributed by atoms with van der Waals surface area (Å²) in [5.74, 6) is 0.784. The first-order chi connectivity index (χ1) is 11.0. The van der Waals surface area contributed by atoms with E-state index in [4.69, 9.17) is 9.47 Å². The van der Waals surface area contributed by atoms with Crippen LogP contribution in [0, 0.1) is 5.92 Å². The molecule has 0 saturated carbocycles. The van der Waals surface area contributed by atoms with Crippen molar-refractivity contribution in [2.45, 2.75) is 51.2 Å². The van der Waals surface area contributed by atoms with Crippen molar-refractivity contribution < 1.29 is 18.4 Å². The average Bonchev–Trinajstić information content (AvgIpc) is 2.52. The van der Waals surface area contributed by atoms with Crippen LogP contribution in [-0.2, 0) is 9.47 Å². The van der Waals surface area contributed by atoms with E-state index < -0.39 is 0 Å². The van der Waals surface area contributed by atoms with Gasteiger partial charge < -0.3 is 18.4 Å². The van der Waals surface area contributed by atoms with Crippen molar-refractivity contribution in [3.05, 3.63) is 0 Å². The van der Waals surface area contributed by atoms with Gasteiger partial charge in [-0.2, -0.15) is 0 Å². The van der Waals surface area contributed by atoms with Gasteiger partial charge in [-0.1, -0.05) is 0 Å². The first-order valence-electron chi connectivity index (χ1n) is 9.88. The summed E-state index contributed by atoms with van der Waals surface area (Å²) >= 11 is 0. The maximum absolute atomic E-state index is 6.38. The molecule has 0 radical (unpaired) electrons. The zero-order valence-corrected chi connectivity index (χ0v) is 15.6. The first kappa shape index (κ1) is 17.7. The highest BCUT2D eigenvalue weighted by molar-refractivity contribution is 4.79. The summed E-state index contributed by atoms with van der Waals surface area (Å²) in [5, 5.41) is 0. The van der Waals surface area contributed by atoms with Crippen molar-refractivity contribution in [3.63, 3.8) is 0 Å². The summed E-state index contributed by atoms with van der Waals surface area (Å²) in [4.78, 5) is 0. The fraction of sp³-hybridized carbons (Fsp3) is 1.00. The van der Waals surface area contributed by atoms with E-state index in [2.05, 4.69) is 21.0 Å². The van der Waals surface area contributed by atoms with Gasteiger partial charge in [-0.3, -0.25) is 0 Å². The number of hydrogen-bond acceptors (Lipinski definition) is 2. The second-order valence-electron chi connectivity index (χ2n) is 8.90. The Morgan fingerprint density at radius 3 is 2.52 bits per heavy atom. The van der Waals surface area contributed by atoms with Crippen LogP contribution < -0.4 is 0 Å². The summed E-state index contributed by atoms with van der Waals surface area (Å²) in [6, 6.07) is 0.859. The van der Waals surface area contributed by atoms with E-state index in [0.29, 0.717) is 6.10 Å². The summed E-state index contributed by atoms with van der Waals surface area (Å²) in [6.07, 6.45) is 7.41. The lowest BCUT2D eigenvalue weighted by molar-refractivity contribution is -0.947. The van der Waals surface area contributed by atoms with Crippen molar-refractivity contribution in [1.82, 2.24) is 0 Å². The third-order valence-electron chi connectivity index (χ3n) is 6.85. The molecule has 4 nitrogen and oxygen atoms in total. The number of ether oxygens (including phenoxy) is 2. The van der Waals surface area contributed by atoms with E-state index in [1.807, 2.05) is 0 Å². The Kier molecular flexibility index (Phi) is 5.67. The highest BCUT2D eigenvalue weighted by atomic mass is 16.5. The molecule has 0 aromatic carbocycles. The minimum absolute atomic E-state index is 0.363. The molecule has 0 aliphatic carbocycles. The van der Waals surface area contributed by atoms with E-state index in [0.717, 1.165) is 55.9 Å². The van der Waals surface area contributed by atoms with Crippen molar-refractivity contribution in [2.75, 3.05) is 66.6 Å². The lowest BCUT2D eigenvalue weighted by atomic mass is 9.82. The summed E-state index contributed by atoms with van der Waals surface area (Å²) in [6.45, 7) is 11.3. The van der Waals surface area contributed by atoms with Crippen LogP contribution in [0.4, 0.5) is 0 Å². The zero-order valence-electron chi connectivity index (χ0n) is 15.6. The van der Waals surface area contributed by atoms with Gasteiger partial charge in [0.15, 0.2) is 0 Å². The van der Waals surface area contributed by atoms with Crippen LogP contribution in [0.25, 0.3) is 0 Å². The lowest BCUT2D eigenvalue weighted by Gasteiger charge is -2.51. The standard InChI is InChI=1S/C19H38N2O2/c1-17(15-20(2)11-13-22-14-12-20)23-16-18-7-6-10-21(3)9-5-4-8-19(18)21/h17-19H,4-16H2,1-3H3/q+2/t17-,18-,19-,21?/m1/s1. The quantitative estimate of drug-likeness (QED) is 0.722. The van der Waals surface area contributed by atoms with Gasteiger partial charge in [0.1, 0.15) is 25.7 Å². The zero-order chi connectivity index (χ0) is 16.3. The first-order valence-corrected chi connectivity index (χ1v) is 9.88. The van der Waals surface area contributed by atoms with Crippen LogP contribution in [0.5, 0.6) is 0 Å². The Morgan fingerprint density at radius 2 is 1.74 bits per heavy atom. The summed E-state index contributed by atoms with van der Waals surface area (Å²) in [7, 11) is 4.86. The molecule has 0 aromatic rings. The molecule has 0 bridgehead atoms. The third-order valence-corrected chi connectivity index (χ3v) is 6.85. The Bertz CT molecular complexity index is 380. The van der Waals surface area contributed by atoms with Crippen molar-refractivity contribution >= 4 is 0 Å². The monoisotopic (exact) mass is 326 g/mol. The smallest absolute Gasteiger partial charge is 0.105 e. The van der Waals surface area contributed by atoms with Gasteiger partial charge in [-0.25, -0.2) is 0 Å². The number of fused-ring (bicyclic) bond motifs is 1. The van der Waals surface area contributed by atoms with Crippen molar-refractivity contribution in [1.29, 1.82) is 0 Å². The minimum atomic E-state index is 0.363. The van der Waals surface area contributed by atoms with Gasteiger partial charge in [-0.05, 0) is 32.6 Å². The fourth-order valence-corrected chi connectivity index (χ4v) is 5.36. The number of piperidine rings is 2. The van der Waals surface area contributed by atoms with Crippen LogP contribution in [0.1, 0.15) is 39.0 Å². The van der Waals surface area contributed by atoms with Gasteiger partial charge in [0.2, 0.25) is 0 Å². The minimum Gasteiger partial charge on any atom is -0.372 e. The van der Waals surface area contributed by atoms with Gasteiger partial charge in [0.25, 0.3) is 0 Å². The molecule has 0 amide bonds. The average molecular weight is 327 g/mol. The molecule has 23 heavy (non-hydrogen) atoms. The molecule has 3 rings (SSSR count). The molecule has 1 unspecified atom stereocenters. The van der Waals surface area contributed by atoms with E-state index >= 15 is 0 Å². The second kappa shape index (κ2) is 7.38. The van der Waals surface area contributed by atoms with E-state index in [9.17, 15) is 0 Å². The molecule has 3 heterocycles. The number of likely N-dealkylation sites (N-methyl/N-ethyl adjacent to an activating group) is 1. The molecule has 0 aromatic heterocycles. The molecule has 3 aliphatic rings. The van der Waals surface area contributed by atoms with Crippen molar-refractivity contribution in [2.24, 2.45) is 5.92 Å². The fourth-order valence-electron chi connectivity index (χ4n) is 5.36. The van der Waals surface area contributed by atoms with Crippen LogP contribution in [0.15, 0.2) is 0 Å². The largest absolute Gasteiger partial charge is 0.372 e. The molecule has 3 aliphatic heterocycles. The molecular weight excluding hydrogens is 288 g/mol. The number of hydrogen-bond donors (Lipinski definition) is 0. The van der Waals surface area contributed by atoms with Crippen LogP contribution in [-0.4, -0.2) is 87.8 Å². The molecule has 3 saturated heterocycles. The van der Waals surface area contributed by atoms with Gasteiger partial charge in [-0.15, -0.1) is 0 Å². The van der Waals surface area contributed by atoms with Gasteiger partial charge >= 0.3 is 0 Å². The third kappa shape index (κ3) is 4.28. The Balaban J connectivity index is 1.49. The predicted octanol–water partition coefficient (Wildman–Crippen LogP) is 2.28. The molecule has 134 valence electrons. The SMILES string of the molecule is C[C@H](C[N+]1(C)CCOCC1)OC[C@H]1CCC[N+]2(C)CCCC[C@H]12. The second-order valence-corrected chi connectivity index (χ2v) is 8.90. The van der Waals surface area contributed by atoms with Crippen LogP contribution >= 0.6 is 0 Å². The van der Waals surface area contributed by atoms with Gasteiger partial charge in [0.05, 0.1) is 53.0 Å². The van der Waals surface area contributed by atoms with Crippen LogP contribution in [0.2, 0.25) is 0 Å². The van der Waals surface area contributed by atoms with E-state index in [-0.39, 0.29) is 0 Å². The molecule has 0 N–H and O–H groups in total. The van der Waals surface area contributed by atoms with Crippen LogP contribution in [0.3, 0.4) is 0 Å². The Morgan fingerprint density at radius 1 is 1.00 bits per heavy atom. The van der Waals surface area contributed by atoms with Crippen molar-refractivity contribution in [3.8, 4) is 0 Å². The highest BCUT2D eigenvalue weighted by Gasteiger charge is 2.43. The molecule has 3 fully saturated rings. The Labute approximate surface area is 142 Å².